The Hall–Kier alpha value is -1.16. The molecule has 0 aliphatic rings. The highest BCUT2D eigenvalue weighted by atomic mass is 16.5. The molecule has 0 amide bonds. The molecule has 1 aromatic heterocycles. The number of carbonyl (C=O) groups excluding carboxylic acids is 1. The molecule has 1 rings (SSSR count). The molecular formula is C8H12N2O2. The van der Waals surface area contributed by atoms with Gasteiger partial charge in [-0.05, 0) is 6.92 Å². The van der Waals surface area contributed by atoms with Crippen molar-refractivity contribution in [3.63, 3.8) is 0 Å². The molecule has 1 heterocycles. The summed E-state index contributed by atoms with van der Waals surface area (Å²) in [4.78, 5) is 11.4. The minimum absolute atomic E-state index is 0.0365. The number of Topliss-reactive ketones (excluding diaryl/α,β-unsaturated/α-hetero) is 1. The van der Waals surface area contributed by atoms with Crippen LogP contribution in [0.2, 0.25) is 0 Å². The van der Waals surface area contributed by atoms with Crippen LogP contribution in [0.15, 0.2) is 12.4 Å². The number of aryl methyl sites for hydroxylation is 1. The van der Waals surface area contributed by atoms with Crippen molar-refractivity contribution in [3.8, 4) is 0 Å². The van der Waals surface area contributed by atoms with Crippen LogP contribution in [0.25, 0.3) is 0 Å². The molecule has 4 heteroatoms. The number of aromatic nitrogens is 2. The predicted octanol–water partition coefficient (Wildman–Crippen LogP) is 0.638. The van der Waals surface area contributed by atoms with Crippen LogP contribution in [0, 0.1) is 0 Å². The van der Waals surface area contributed by atoms with Crippen molar-refractivity contribution < 1.29 is 9.53 Å². The smallest absolute Gasteiger partial charge is 0.194 e. The molecular weight excluding hydrogens is 156 g/mol. The van der Waals surface area contributed by atoms with E-state index in [0.717, 1.165) is 0 Å². The second-order valence-electron chi connectivity index (χ2n) is 2.64. The Morgan fingerprint density at radius 2 is 2.42 bits per heavy atom. The van der Waals surface area contributed by atoms with Crippen LogP contribution in [0.4, 0.5) is 0 Å². The zero-order valence-electron chi connectivity index (χ0n) is 7.44. The van der Waals surface area contributed by atoms with Gasteiger partial charge in [-0.2, -0.15) is 5.10 Å². The first-order chi connectivity index (χ1) is 5.65. The predicted molar refractivity (Wildman–Crippen MR) is 44.0 cm³/mol. The van der Waals surface area contributed by atoms with Gasteiger partial charge < -0.3 is 4.74 Å². The summed E-state index contributed by atoms with van der Waals surface area (Å²) >= 11 is 0. The molecule has 0 N–H and O–H groups in total. The summed E-state index contributed by atoms with van der Waals surface area (Å²) in [7, 11) is 3.28. The van der Waals surface area contributed by atoms with Crippen molar-refractivity contribution in [2.45, 2.75) is 13.0 Å². The van der Waals surface area contributed by atoms with Crippen LogP contribution in [-0.2, 0) is 11.8 Å². The van der Waals surface area contributed by atoms with Crippen LogP contribution >= 0.6 is 0 Å². The lowest BCUT2D eigenvalue weighted by atomic mass is 10.1. The van der Waals surface area contributed by atoms with E-state index in [0.29, 0.717) is 5.56 Å². The number of hydrogen-bond acceptors (Lipinski definition) is 3. The van der Waals surface area contributed by atoms with Crippen molar-refractivity contribution in [1.82, 2.24) is 9.78 Å². The first-order valence-corrected chi connectivity index (χ1v) is 3.71. The molecule has 0 fully saturated rings. The van der Waals surface area contributed by atoms with Crippen molar-refractivity contribution in [2.75, 3.05) is 7.11 Å². The Labute approximate surface area is 71.1 Å². The number of rotatable bonds is 3. The molecule has 0 saturated carbocycles. The summed E-state index contributed by atoms with van der Waals surface area (Å²) in [5.74, 6) is -0.0365. The molecule has 12 heavy (non-hydrogen) atoms. The van der Waals surface area contributed by atoms with Gasteiger partial charge in [0, 0.05) is 20.4 Å². The minimum atomic E-state index is -0.394. The standard InChI is InChI=1S/C8H12N2O2/c1-6(12-3)8(11)7-4-9-10(2)5-7/h4-6H,1-3H3. The van der Waals surface area contributed by atoms with Crippen LogP contribution < -0.4 is 0 Å². The van der Waals surface area contributed by atoms with Crippen molar-refractivity contribution in [2.24, 2.45) is 7.05 Å². The zero-order valence-corrected chi connectivity index (χ0v) is 7.44. The van der Waals surface area contributed by atoms with Gasteiger partial charge in [0.1, 0.15) is 6.10 Å². The Bertz CT molecular complexity index is 280. The molecule has 0 aliphatic carbocycles. The fourth-order valence-corrected chi connectivity index (χ4v) is 0.890. The van der Waals surface area contributed by atoms with Gasteiger partial charge in [0.25, 0.3) is 0 Å². The summed E-state index contributed by atoms with van der Waals surface area (Å²) < 4.78 is 6.48. The normalized spacial score (nSPS) is 12.9. The van der Waals surface area contributed by atoms with Gasteiger partial charge in [-0.3, -0.25) is 9.48 Å². The summed E-state index contributed by atoms with van der Waals surface area (Å²) in [6, 6.07) is 0. The highest BCUT2D eigenvalue weighted by Crippen LogP contribution is 2.03. The van der Waals surface area contributed by atoms with E-state index in [2.05, 4.69) is 5.10 Å². The maximum absolute atomic E-state index is 11.4. The molecule has 66 valence electrons. The minimum Gasteiger partial charge on any atom is -0.374 e. The highest BCUT2D eigenvalue weighted by Gasteiger charge is 2.15. The zero-order chi connectivity index (χ0) is 9.14. The van der Waals surface area contributed by atoms with E-state index < -0.39 is 6.10 Å². The second-order valence-corrected chi connectivity index (χ2v) is 2.64. The number of ketones is 1. The first-order valence-electron chi connectivity index (χ1n) is 3.71. The Morgan fingerprint density at radius 3 is 2.83 bits per heavy atom. The van der Waals surface area contributed by atoms with Gasteiger partial charge in [0.2, 0.25) is 0 Å². The Kier molecular flexibility index (Phi) is 2.60. The second kappa shape index (κ2) is 3.49. The average molecular weight is 168 g/mol. The first kappa shape index (κ1) is 8.93. The fraction of sp³-hybridized carbons (Fsp3) is 0.500. The Balaban J connectivity index is 2.78. The van der Waals surface area contributed by atoms with Gasteiger partial charge in [-0.1, -0.05) is 0 Å². The lowest BCUT2D eigenvalue weighted by Crippen LogP contribution is -2.18. The van der Waals surface area contributed by atoms with Gasteiger partial charge in [-0.15, -0.1) is 0 Å². The highest BCUT2D eigenvalue weighted by molar-refractivity contribution is 5.98. The van der Waals surface area contributed by atoms with E-state index in [4.69, 9.17) is 4.74 Å². The SMILES string of the molecule is COC(C)C(=O)c1cnn(C)c1. The number of ether oxygens (including phenoxy) is 1. The molecule has 0 radical (unpaired) electrons. The molecule has 0 saturated heterocycles. The molecule has 1 unspecified atom stereocenters. The number of nitrogens with zero attached hydrogens (tertiary/aromatic N) is 2. The van der Waals surface area contributed by atoms with Crippen LogP contribution in [0.3, 0.4) is 0 Å². The molecule has 1 atom stereocenters. The van der Waals surface area contributed by atoms with Crippen molar-refractivity contribution in [1.29, 1.82) is 0 Å². The van der Waals surface area contributed by atoms with E-state index in [1.165, 1.54) is 13.3 Å². The van der Waals surface area contributed by atoms with Crippen LogP contribution in [0.1, 0.15) is 17.3 Å². The quantitative estimate of drug-likeness (QED) is 0.622. The summed E-state index contributed by atoms with van der Waals surface area (Å²) in [5, 5.41) is 3.89. The van der Waals surface area contributed by atoms with Crippen LogP contribution in [-0.4, -0.2) is 28.8 Å². The van der Waals surface area contributed by atoms with Gasteiger partial charge in [0.05, 0.1) is 11.8 Å². The van der Waals surface area contributed by atoms with E-state index in [9.17, 15) is 4.79 Å². The molecule has 0 aromatic carbocycles. The van der Waals surface area contributed by atoms with E-state index in [1.54, 1.807) is 24.9 Å². The summed E-state index contributed by atoms with van der Waals surface area (Å²) in [6.07, 6.45) is 2.82. The van der Waals surface area contributed by atoms with Gasteiger partial charge >= 0.3 is 0 Å². The average Bonchev–Trinajstić information content (AvgIpc) is 2.49. The van der Waals surface area contributed by atoms with Crippen molar-refractivity contribution in [3.05, 3.63) is 18.0 Å². The monoisotopic (exact) mass is 168 g/mol. The Morgan fingerprint density at radius 1 is 1.75 bits per heavy atom. The van der Waals surface area contributed by atoms with E-state index >= 15 is 0 Å². The van der Waals surface area contributed by atoms with E-state index in [1.807, 2.05) is 0 Å². The number of methoxy groups -OCH3 is 1. The summed E-state index contributed by atoms with van der Waals surface area (Å²) in [5.41, 5.74) is 0.590. The van der Waals surface area contributed by atoms with Gasteiger partial charge in [-0.25, -0.2) is 0 Å². The van der Waals surface area contributed by atoms with Gasteiger partial charge in [0.15, 0.2) is 5.78 Å². The molecule has 0 bridgehead atoms. The summed E-state index contributed by atoms with van der Waals surface area (Å²) in [6.45, 7) is 1.72. The molecule has 0 aliphatic heterocycles. The maximum Gasteiger partial charge on any atom is 0.194 e. The van der Waals surface area contributed by atoms with Crippen LogP contribution in [0.5, 0.6) is 0 Å². The number of carbonyl (C=O) groups is 1. The fourth-order valence-electron chi connectivity index (χ4n) is 0.890. The maximum atomic E-state index is 11.4. The topological polar surface area (TPSA) is 44.1 Å². The molecule has 0 spiro atoms. The largest absolute Gasteiger partial charge is 0.374 e. The lowest BCUT2D eigenvalue weighted by Gasteiger charge is -2.04. The van der Waals surface area contributed by atoms with E-state index in [-0.39, 0.29) is 5.78 Å². The third kappa shape index (κ3) is 1.71. The molecule has 1 aromatic rings. The molecule has 4 nitrogen and oxygen atoms in total. The third-order valence-corrected chi connectivity index (χ3v) is 1.71. The third-order valence-electron chi connectivity index (χ3n) is 1.71. The lowest BCUT2D eigenvalue weighted by molar-refractivity contribution is 0.0655. The van der Waals surface area contributed by atoms with Crippen molar-refractivity contribution >= 4 is 5.78 Å². The number of hydrogen-bond donors (Lipinski definition) is 0.